The molecule has 1 aliphatic heterocycles. The van der Waals surface area contributed by atoms with Crippen molar-refractivity contribution in [1.29, 1.82) is 0 Å². The Morgan fingerprint density at radius 1 is 1.12 bits per heavy atom. The topological polar surface area (TPSA) is 44.4 Å². The number of nitrogens with zero attached hydrogens (tertiary/aromatic N) is 1. The Kier molecular flexibility index (Phi) is 4.02. The lowest BCUT2D eigenvalue weighted by Crippen LogP contribution is -2.54. The summed E-state index contributed by atoms with van der Waals surface area (Å²) in [5.74, 6) is 0. The lowest BCUT2D eigenvalue weighted by Gasteiger charge is -2.48. The second-order valence-corrected chi connectivity index (χ2v) is 7.09. The van der Waals surface area contributed by atoms with Gasteiger partial charge in [0.25, 0.3) is 0 Å². The van der Waals surface area contributed by atoms with E-state index in [4.69, 9.17) is 0 Å². The SMILES string of the molecule is CN(C)[C@]1(c2cccc(C(F)(F)F)c2)CC[C@@]2(CC1)CNC(=O)N2. The predicted molar refractivity (Wildman–Crippen MR) is 84.5 cm³/mol. The van der Waals surface area contributed by atoms with Crippen molar-refractivity contribution >= 4 is 6.03 Å². The molecule has 1 aliphatic carbocycles. The summed E-state index contributed by atoms with van der Waals surface area (Å²) in [5, 5.41) is 5.78. The fourth-order valence-electron chi connectivity index (χ4n) is 4.00. The molecule has 0 bridgehead atoms. The van der Waals surface area contributed by atoms with Gasteiger partial charge in [-0.1, -0.05) is 12.1 Å². The molecule has 1 heterocycles. The van der Waals surface area contributed by atoms with Gasteiger partial charge in [-0.2, -0.15) is 13.2 Å². The van der Waals surface area contributed by atoms with Gasteiger partial charge in [0.05, 0.1) is 11.1 Å². The van der Waals surface area contributed by atoms with E-state index in [0.717, 1.165) is 18.9 Å². The van der Waals surface area contributed by atoms with Crippen molar-refractivity contribution in [2.75, 3.05) is 20.6 Å². The van der Waals surface area contributed by atoms with Crippen LogP contribution in [0.1, 0.15) is 36.8 Å². The van der Waals surface area contributed by atoms with Crippen LogP contribution in [0.3, 0.4) is 0 Å². The summed E-state index contributed by atoms with van der Waals surface area (Å²) in [6.07, 6.45) is -1.48. The van der Waals surface area contributed by atoms with E-state index < -0.39 is 17.3 Å². The number of urea groups is 1. The van der Waals surface area contributed by atoms with Gasteiger partial charge < -0.3 is 10.6 Å². The number of alkyl halides is 3. The molecule has 1 saturated heterocycles. The van der Waals surface area contributed by atoms with Crippen molar-refractivity contribution in [2.24, 2.45) is 0 Å². The first-order valence-corrected chi connectivity index (χ1v) is 8.08. The standard InChI is InChI=1S/C17H22F3N3O/c1-23(2)16(12-4-3-5-13(10-12)17(18,19)20)8-6-15(7-9-16)11-21-14(24)22-15/h3-5,10H,6-9,11H2,1-2H3,(H2,21,22,24)/t15-,16-. The highest BCUT2D eigenvalue weighted by molar-refractivity contribution is 5.77. The van der Waals surface area contributed by atoms with Crippen LogP contribution in [0.2, 0.25) is 0 Å². The minimum Gasteiger partial charge on any atom is -0.336 e. The van der Waals surface area contributed by atoms with Crippen molar-refractivity contribution < 1.29 is 18.0 Å². The molecule has 4 nitrogen and oxygen atoms in total. The number of carbonyl (C=O) groups is 1. The maximum absolute atomic E-state index is 13.1. The Morgan fingerprint density at radius 3 is 2.29 bits per heavy atom. The lowest BCUT2D eigenvalue weighted by molar-refractivity contribution is -0.137. The maximum Gasteiger partial charge on any atom is 0.416 e. The molecule has 0 unspecified atom stereocenters. The second-order valence-electron chi connectivity index (χ2n) is 7.09. The fraction of sp³-hybridized carbons (Fsp3) is 0.588. The minimum absolute atomic E-state index is 0.161. The Balaban J connectivity index is 1.90. The van der Waals surface area contributed by atoms with Crippen LogP contribution in [0.5, 0.6) is 0 Å². The van der Waals surface area contributed by atoms with Gasteiger partial charge in [-0.15, -0.1) is 0 Å². The van der Waals surface area contributed by atoms with Crippen molar-refractivity contribution in [3.63, 3.8) is 0 Å². The zero-order chi connectivity index (χ0) is 17.6. The average Bonchev–Trinajstić information content (AvgIpc) is 2.88. The summed E-state index contributed by atoms with van der Waals surface area (Å²) in [4.78, 5) is 13.5. The highest BCUT2D eigenvalue weighted by Gasteiger charge is 2.48. The van der Waals surface area contributed by atoms with Gasteiger partial charge in [0, 0.05) is 12.1 Å². The average molecular weight is 341 g/mol. The molecule has 0 aromatic heterocycles. The Morgan fingerprint density at radius 2 is 1.79 bits per heavy atom. The molecule has 3 rings (SSSR count). The van der Waals surface area contributed by atoms with Crippen LogP contribution in [-0.2, 0) is 11.7 Å². The van der Waals surface area contributed by atoms with E-state index >= 15 is 0 Å². The first-order valence-electron chi connectivity index (χ1n) is 8.08. The van der Waals surface area contributed by atoms with Crippen molar-refractivity contribution in [1.82, 2.24) is 15.5 Å². The van der Waals surface area contributed by atoms with E-state index in [1.807, 2.05) is 19.0 Å². The van der Waals surface area contributed by atoms with Crippen LogP contribution in [0.4, 0.5) is 18.0 Å². The predicted octanol–water partition coefficient (Wildman–Crippen LogP) is 3.09. The quantitative estimate of drug-likeness (QED) is 0.868. The van der Waals surface area contributed by atoms with Gasteiger partial charge in [-0.05, 0) is 57.5 Å². The number of nitrogens with one attached hydrogen (secondary N) is 2. The number of hydrogen-bond donors (Lipinski definition) is 2. The molecular weight excluding hydrogens is 319 g/mol. The van der Waals surface area contributed by atoms with Crippen molar-refractivity contribution in [3.8, 4) is 0 Å². The number of benzene rings is 1. The zero-order valence-corrected chi connectivity index (χ0v) is 13.8. The molecule has 1 saturated carbocycles. The Bertz CT molecular complexity index is 634. The van der Waals surface area contributed by atoms with E-state index in [9.17, 15) is 18.0 Å². The summed E-state index contributed by atoms with van der Waals surface area (Å²) in [5.41, 5.74) is -0.635. The molecule has 24 heavy (non-hydrogen) atoms. The van der Waals surface area contributed by atoms with Crippen molar-refractivity contribution in [3.05, 3.63) is 35.4 Å². The highest BCUT2D eigenvalue weighted by atomic mass is 19.4. The number of hydrogen-bond acceptors (Lipinski definition) is 2. The summed E-state index contributed by atoms with van der Waals surface area (Å²) in [6, 6.07) is 5.47. The Hall–Kier alpha value is -1.76. The van der Waals surface area contributed by atoms with E-state index in [0.29, 0.717) is 24.9 Å². The van der Waals surface area contributed by atoms with Crippen LogP contribution in [-0.4, -0.2) is 37.1 Å². The van der Waals surface area contributed by atoms with Gasteiger partial charge in [0.1, 0.15) is 0 Å². The third-order valence-corrected chi connectivity index (χ3v) is 5.58. The van der Waals surface area contributed by atoms with Gasteiger partial charge in [0.2, 0.25) is 0 Å². The second kappa shape index (κ2) is 5.65. The van der Waals surface area contributed by atoms with E-state index in [-0.39, 0.29) is 11.6 Å². The third-order valence-electron chi connectivity index (χ3n) is 5.58. The van der Waals surface area contributed by atoms with Gasteiger partial charge in [-0.3, -0.25) is 4.90 Å². The summed E-state index contributed by atoms with van der Waals surface area (Å²) < 4.78 is 39.2. The summed E-state index contributed by atoms with van der Waals surface area (Å²) >= 11 is 0. The fourth-order valence-corrected chi connectivity index (χ4v) is 4.00. The third kappa shape index (κ3) is 2.85. The van der Waals surface area contributed by atoms with Gasteiger partial charge in [0.15, 0.2) is 0 Å². The first kappa shape index (κ1) is 17.1. The largest absolute Gasteiger partial charge is 0.416 e. The van der Waals surface area contributed by atoms with Crippen LogP contribution in [0.15, 0.2) is 24.3 Å². The lowest BCUT2D eigenvalue weighted by atomic mass is 9.68. The van der Waals surface area contributed by atoms with Crippen LogP contribution in [0.25, 0.3) is 0 Å². The van der Waals surface area contributed by atoms with Gasteiger partial charge in [-0.25, -0.2) is 4.79 Å². The normalized spacial score (nSPS) is 30.5. The number of amides is 2. The molecular formula is C17H22F3N3O. The molecule has 1 aromatic rings. The molecule has 2 amide bonds. The molecule has 7 heteroatoms. The monoisotopic (exact) mass is 341 g/mol. The summed E-state index contributed by atoms with van der Waals surface area (Å²) in [6.45, 7) is 0.581. The maximum atomic E-state index is 13.1. The molecule has 132 valence electrons. The van der Waals surface area contributed by atoms with E-state index in [2.05, 4.69) is 10.6 Å². The zero-order valence-electron chi connectivity index (χ0n) is 13.8. The highest BCUT2D eigenvalue weighted by Crippen LogP contribution is 2.46. The minimum atomic E-state index is -4.34. The van der Waals surface area contributed by atoms with Crippen LogP contribution >= 0.6 is 0 Å². The molecule has 1 spiro atoms. The first-order chi connectivity index (χ1) is 11.2. The molecule has 2 aliphatic rings. The number of halogens is 3. The molecule has 1 aromatic carbocycles. The van der Waals surface area contributed by atoms with Crippen LogP contribution < -0.4 is 10.6 Å². The molecule has 2 fully saturated rings. The molecule has 0 radical (unpaired) electrons. The Labute approximate surface area is 139 Å². The molecule has 0 atom stereocenters. The van der Waals surface area contributed by atoms with E-state index in [1.165, 1.54) is 12.1 Å². The van der Waals surface area contributed by atoms with Crippen molar-refractivity contribution in [2.45, 2.75) is 42.9 Å². The summed E-state index contributed by atoms with van der Waals surface area (Å²) in [7, 11) is 3.81. The number of carbonyl (C=O) groups excluding carboxylic acids is 1. The van der Waals surface area contributed by atoms with Crippen LogP contribution in [0, 0.1) is 0 Å². The smallest absolute Gasteiger partial charge is 0.336 e. The molecule has 2 N–H and O–H groups in total. The number of rotatable bonds is 2. The van der Waals surface area contributed by atoms with E-state index in [1.54, 1.807) is 6.07 Å². The van der Waals surface area contributed by atoms with Gasteiger partial charge >= 0.3 is 12.2 Å².